The third-order valence-corrected chi connectivity index (χ3v) is 7.25. The Hall–Kier alpha value is -4.41. The molecule has 0 unspecified atom stereocenters. The zero-order valence-electron chi connectivity index (χ0n) is 25.0. The van der Waals surface area contributed by atoms with Gasteiger partial charge in [0.25, 0.3) is 5.91 Å². The molecule has 10 nitrogen and oxygen atoms in total. The van der Waals surface area contributed by atoms with Crippen LogP contribution in [0.2, 0.25) is 0 Å². The Balaban J connectivity index is 2.14. The maximum atomic E-state index is 14.1. The fourth-order valence-electron chi connectivity index (χ4n) is 5.26. The van der Waals surface area contributed by atoms with Gasteiger partial charge in [0.05, 0.1) is 13.2 Å². The van der Waals surface area contributed by atoms with Crippen LogP contribution in [0.1, 0.15) is 80.4 Å². The number of methoxy groups -OCH3 is 1. The van der Waals surface area contributed by atoms with Gasteiger partial charge in [-0.25, -0.2) is 0 Å². The summed E-state index contributed by atoms with van der Waals surface area (Å²) >= 11 is 0. The zero-order chi connectivity index (χ0) is 31.5. The molecule has 2 atom stereocenters. The molecule has 3 aromatic carbocycles. The Morgan fingerprint density at radius 2 is 1.56 bits per heavy atom. The van der Waals surface area contributed by atoms with E-state index >= 15 is 0 Å². The number of aliphatic hydroxyl groups excluding tert-OH is 1. The quantitative estimate of drug-likeness (QED) is 0.170. The lowest BCUT2D eigenvalue weighted by Gasteiger charge is -2.30. The monoisotopic (exact) mass is 590 g/mol. The van der Waals surface area contributed by atoms with Crippen LogP contribution in [-0.4, -0.2) is 65.7 Å². The van der Waals surface area contributed by atoms with Crippen LogP contribution in [0.25, 0.3) is 0 Å². The van der Waals surface area contributed by atoms with Crippen LogP contribution in [0.3, 0.4) is 0 Å². The Bertz CT molecular complexity index is 1420. The Labute approximate surface area is 252 Å². The predicted octanol–water partition coefficient (Wildman–Crippen LogP) is 3.34. The minimum atomic E-state index is -1.11. The number of rotatable bonds is 16. The van der Waals surface area contributed by atoms with E-state index in [0.717, 1.165) is 5.56 Å². The summed E-state index contributed by atoms with van der Waals surface area (Å²) < 4.78 is 5.30. The summed E-state index contributed by atoms with van der Waals surface area (Å²) in [6.45, 7) is 5.34. The Morgan fingerprint density at radius 3 is 2.16 bits per heavy atom. The first-order valence-electron chi connectivity index (χ1n) is 14.5. The molecule has 10 heteroatoms. The number of carbonyl (C=O) groups is 3. The van der Waals surface area contributed by atoms with Crippen LogP contribution in [0, 0.1) is 0 Å². The predicted molar refractivity (Wildman–Crippen MR) is 165 cm³/mol. The molecule has 0 aliphatic heterocycles. The highest BCUT2D eigenvalue weighted by molar-refractivity contribution is 6.06. The average Bonchev–Trinajstić information content (AvgIpc) is 2.98. The molecule has 3 rings (SSSR count). The number of nitrogens with two attached hydrogens (primary N) is 2. The SMILES string of the molecule is CCCN(CCC)C(=O)c1cc(C(N)=O)cc(C(N)=O)c1[C@H](Cc1cccc(O)c1)[C@@H](O)CNCc1cccc(OC)c1. The molecule has 0 radical (unpaired) electrons. The first-order valence-corrected chi connectivity index (χ1v) is 14.5. The van der Waals surface area contributed by atoms with Gasteiger partial charge in [-0.15, -0.1) is 0 Å². The number of ether oxygens (including phenoxy) is 1. The molecule has 0 aromatic heterocycles. The van der Waals surface area contributed by atoms with Crippen molar-refractivity contribution in [2.45, 2.75) is 51.7 Å². The summed E-state index contributed by atoms with van der Waals surface area (Å²) in [5.74, 6) is -2.15. The normalized spacial score (nSPS) is 12.4. The molecule has 0 aliphatic carbocycles. The molecule has 0 spiro atoms. The van der Waals surface area contributed by atoms with E-state index in [1.165, 1.54) is 18.2 Å². The number of aromatic hydroxyl groups is 1. The Morgan fingerprint density at radius 1 is 0.907 bits per heavy atom. The molecule has 0 fully saturated rings. The van der Waals surface area contributed by atoms with Crippen molar-refractivity contribution in [2.75, 3.05) is 26.7 Å². The molecular formula is C33H42N4O6. The number of aliphatic hydroxyl groups is 1. The Kier molecular flexibility index (Phi) is 12.1. The van der Waals surface area contributed by atoms with Crippen LogP contribution in [0.4, 0.5) is 0 Å². The fourth-order valence-corrected chi connectivity index (χ4v) is 5.26. The average molecular weight is 591 g/mol. The lowest BCUT2D eigenvalue weighted by Crippen LogP contribution is -2.38. The summed E-state index contributed by atoms with van der Waals surface area (Å²) in [7, 11) is 1.59. The van der Waals surface area contributed by atoms with E-state index in [2.05, 4.69) is 5.32 Å². The maximum Gasteiger partial charge on any atom is 0.254 e. The van der Waals surface area contributed by atoms with E-state index in [9.17, 15) is 24.6 Å². The van der Waals surface area contributed by atoms with Gasteiger partial charge in [0.2, 0.25) is 11.8 Å². The van der Waals surface area contributed by atoms with Crippen LogP contribution >= 0.6 is 0 Å². The van der Waals surface area contributed by atoms with Crippen molar-refractivity contribution in [3.63, 3.8) is 0 Å². The highest BCUT2D eigenvalue weighted by Gasteiger charge is 2.33. The van der Waals surface area contributed by atoms with E-state index in [1.807, 2.05) is 38.1 Å². The molecule has 7 N–H and O–H groups in total. The maximum absolute atomic E-state index is 14.1. The van der Waals surface area contributed by atoms with Gasteiger partial charge in [-0.3, -0.25) is 14.4 Å². The fraction of sp³-hybridized carbons (Fsp3) is 0.364. The van der Waals surface area contributed by atoms with Crippen molar-refractivity contribution < 1.29 is 29.3 Å². The van der Waals surface area contributed by atoms with Crippen molar-refractivity contribution in [1.82, 2.24) is 10.2 Å². The van der Waals surface area contributed by atoms with E-state index in [0.29, 0.717) is 43.8 Å². The molecule has 0 bridgehead atoms. The molecule has 230 valence electrons. The minimum Gasteiger partial charge on any atom is -0.508 e. The second kappa shape index (κ2) is 15.7. The molecule has 43 heavy (non-hydrogen) atoms. The number of nitrogens with one attached hydrogen (secondary N) is 1. The van der Waals surface area contributed by atoms with E-state index in [1.54, 1.807) is 30.2 Å². The van der Waals surface area contributed by atoms with E-state index in [4.69, 9.17) is 16.2 Å². The van der Waals surface area contributed by atoms with Gasteiger partial charge < -0.3 is 36.6 Å². The third kappa shape index (κ3) is 8.79. The lowest BCUT2D eigenvalue weighted by atomic mass is 9.80. The number of phenolic OH excluding ortho intramolecular Hbond substituents is 1. The zero-order valence-corrected chi connectivity index (χ0v) is 25.0. The van der Waals surface area contributed by atoms with Gasteiger partial charge in [-0.2, -0.15) is 0 Å². The van der Waals surface area contributed by atoms with Crippen molar-refractivity contribution in [2.24, 2.45) is 11.5 Å². The third-order valence-electron chi connectivity index (χ3n) is 7.25. The topological polar surface area (TPSA) is 168 Å². The standard InChI is InChI=1S/C33H42N4O6/c1-4-12-37(13-5-2)33(42)28-18-23(31(34)40)17-27(32(35)41)30(28)26(16-21-8-6-10-24(38)14-21)29(39)20-36-19-22-9-7-11-25(15-22)43-3/h6-11,14-15,17-18,26,29,36,38-39H,4-5,12-13,16,19-20H2,1-3H3,(H2,34,40)(H2,35,41)/t26-,29+/m1/s1. The second-order valence-electron chi connectivity index (χ2n) is 10.5. The highest BCUT2D eigenvalue weighted by Crippen LogP contribution is 2.33. The second-order valence-corrected chi connectivity index (χ2v) is 10.5. The van der Waals surface area contributed by atoms with Crippen LogP contribution in [0.5, 0.6) is 11.5 Å². The van der Waals surface area contributed by atoms with Crippen molar-refractivity contribution in [1.29, 1.82) is 0 Å². The molecule has 0 saturated carbocycles. The number of hydrogen-bond acceptors (Lipinski definition) is 7. The number of amides is 3. The van der Waals surface area contributed by atoms with E-state index < -0.39 is 23.8 Å². The summed E-state index contributed by atoms with van der Waals surface area (Å²) in [5.41, 5.74) is 13.3. The number of hydrogen-bond donors (Lipinski definition) is 5. The van der Waals surface area contributed by atoms with Crippen LogP contribution < -0.4 is 21.5 Å². The summed E-state index contributed by atoms with van der Waals surface area (Å²) in [6.07, 6.45) is 0.447. The lowest BCUT2D eigenvalue weighted by molar-refractivity contribution is 0.0751. The highest BCUT2D eigenvalue weighted by atomic mass is 16.5. The number of primary amides is 2. The minimum absolute atomic E-state index is 0.0319. The van der Waals surface area contributed by atoms with Gasteiger partial charge in [0.1, 0.15) is 11.5 Å². The largest absolute Gasteiger partial charge is 0.508 e. The number of nitrogens with zero attached hydrogens (tertiary/aromatic N) is 1. The summed E-state index contributed by atoms with van der Waals surface area (Å²) in [5, 5.41) is 25.1. The first-order chi connectivity index (χ1) is 20.6. The van der Waals surface area contributed by atoms with Gasteiger partial charge in [-0.05, 0) is 72.4 Å². The molecule has 0 heterocycles. The summed E-state index contributed by atoms with van der Waals surface area (Å²) in [4.78, 5) is 40.9. The van der Waals surface area contributed by atoms with E-state index in [-0.39, 0.29) is 46.9 Å². The number of benzene rings is 3. The van der Waals surface area contributed by atoms with Crippen molar-refractivity contribution in [3.8, 4) is 11.5 Å². The molecule has 0 aliphatic rings. The number of carbonyl (C=O) groups excluding carboxylic acids is 3. The summed E-state index contributed by atoms with van der Waals surface area (Å²) in [6, 6.07) is 16.7. The van der Waals surface area contributed by atoms with Gasteiger partial charge in [0, 0.05) is 48.8 Å². The number of phenols is 1. The molecule has 0 saturated heterocycles. The van der Waals surface area contributed by atoms with Gasteiger partial charge in [0.15, 0.2) is 0 Å². The smallest absolute Gasteiger partial charge is 0.254 e. The molecular weight excluding hydrogens is 548 g/mol. The first kappa shape index (κ1) is 33.1. The van der Waals surface area contributed by atoms with Gasteiger partial charge in [-0.1, -0.05) is 38.1 Å². The molecule has 3 amide bonds. The van der Waals surface area contributed by atoms with Crippen molar-refractivity contribution >= 4 is 17.7 Å². The molecule has 3 aromatic rings. The van der Waals surface area contributed by atoms with Gasteiger partial charge >= 0.3 is 0 Å². The van der Waals surface area contributed by atoms with Crippen LogP contribution in [0.15, 0.2) is 60.7 Å². The van der Waals surface area contributed by atoms with Crippen LogP contribution in [-0.2, 0) is 13.0 Å². The van der Waals surface area contributed by atoms with Crippen molar-refractivity contribution in [3.05, 3.63) is 94.0 Å².